The molecule has 4 heteroatoms. The molecule has 1 heterocycles. The molecule has 0 spiro atoms. The molecule has 0 fully saturated rings. The first-order valence-electron chi connectivity index (χ1n) is 5.95. The van der Waals surface area contributed by atoms with E-state index in [1.807, 2.05) is 38.1 Å². The summed E-state index contributed by atoms with van der Waals surface area (Å²) in [5.74, 6) is 0. The molecule has 88 valence electrons. The van der Waals surface area contributed by atoms with Gasteiger partial charge in [0, 0.05) is 16.5 Å². The molecule has 0 atom stereocenters. The molecule has 0 amide bonds. The number of pyridine rings is 1. The Morgan fingerprint density at radius 1 is 1.12 bits per heavy atom. The molecule has 1 aromatic carbocycles. The van der Waals surface area contributed by atoms with Crippen LogP contribution in [0.4, 0.5) is 0 Å². The first-order chi connectivity index (χ1) is 8.19. The summed E-state index contributed by atoms with van der Waals surface area (Å²) in [5, 5.41) is 20.1. The fraction of sp³-hybridized carbons (Fsp3) is 0.308. The Balaban J connectivity index is 2.84. The molecule has 0 bridgehead atoms. The molecule has 1 aromatic heterocycles. The van der Waals surface area contributed by atoms with Crippen LogP contribution in [-0.4, -0.2) is 22.2 Å². The van der Waals surface area contributed by atoms with E-state index in [1.165, 1.54) is 0 Å². The van der Waals surface area contributed by atoms with Crippen LogP contribution in [0.25, 0.3) is 10.9 Å². The average molecular weight is 229 g/mol. The van der Waals surface area contributed by atoms with Crippen molar-refractivity contribution in [2.45, 2.75) is 26.7 Å². The average Bonchev–Trinajstić information content (AvgIpc) is 2.35. The highest BCUT2D eigenvalue weighted by atomic mass is 16.4. The van der Waals surface area contributed by atoms with E-state index in [4.69, 9.17) is 0 Å². The fourth-order valence-electron chi connectivity index (χ4n) is 2.31. The van der Waals surface area contributed by atoms with Crippen molar-refractivity contribution < 1.29 is 10.0 Å². The van der Waals surface area contributed by atoms with Crippen molar-refractivity contribution >= 4 is 23.5 Å². The Bertz CT molecular complexity index is 540. The standard InChI is InChI=1S/C13H16BNO2/c1-3-9-10-7-5-6-8-12(10)15-11(4-2)13(9)14(16)17/h5-8,16-17H,3-4H2,1-2H3. The lowest BCUT2D eigenvalue weighted by Crippen LogP contribution is -2.37. The van der Waals surface area contributed by atoms with Gasteiger partial charge in [-0.3, -0.25) is 4.98 Å². The van der Waals surface area contributed by atoms with E-state index in [0.717, 1.165) is 28.6 Å². The largest absolute Gasteiger partial charge is 0.490 e. The molecule has 0 saturated heterocycles. The van der Waals surface area contributed by atoms with Gasteiger partial charge in [0.25, 0.3) is 0 Å². The Morgan fingerprint density at radius 3 is 2.41 bits per heavy atom. The van der Waals surface area contributed by atoms with Crippen molar-refractivity contribution in [1.82, 2.24) is 4.98 Å². The van der Waals surface area contributed by atoms with Gasteiger partial charge in [0.2, 0.25) is 0 Å². The number of nitrogens with zero attached hydrogens (tertiary/aromatic N) is 1. The van der Waals surface area contributed by atoms with Gasteiger partial charge in [-0.05, 0) is 24.5 Å². The summed E-state index contributed by atoms with van der Waals surface area (Å²) in [6.07, 6.45) is 1.47. The molecular weight excluding hydrogens is 213 g/mol. The van der Waals surface area contributed by atoms with Gasteiger partial charge < -0.3 is 10.0 Å². The third kappa shape index (κ3) is 2.06. The molecule has 0 aliphatic rings. The van der Waals surface area contributed by atoms with Crippen molar-refractivity contribution in [1.29, 1.82) is 0 Å². The topological polar surface area (TPSA) is 53.4 Å². The second-order valence-electron chi connectivity index (χ2n) is 4.05. The minimum atomic E-state index is -1.45. The number of rotatable bonds is 3. The number of hydrogen-bond donors (Lipinski definition) is 2. The smallest absolute Gasteiger partial charge is 0.423 e. The van der Waals surface area contributed by atoms with E-state index < -0.39 is 7.12 Å². The predicted molar refractivity (Wildman–Crippen MR) is 70.3 cm³/mol. The minimum Gasteiger partial charge on any atom is -0.423 e. The number of hydrogen-bond acceptors (Lipinski definition) is 3. The normalized spacial score (nSPS) is 10.8. The SMILES string of the molecule is CCc1nc2ccccc2c(CC)c1B(O)O. The fourth-order valence-corrected chi connectivity index (χ4v) is 2.31. The van der Waals surface area contributed by atoms with E-state index in [9.17, 15) is 10.0 Å². The van der Waals surface area contributed by atoms with Crippen LogP contribution in [0.3, 0.4) is 0 Å². The van der Waals surface area contributed by atoms with Crippen LogP contribution in [-0.2, 0) is 12.8 Å². The van der Waals surface area contributed by atoms with Crippen molar-refractivity contribution in [2.75, 3.05) is 0 Å². The Labute approximate surface area is 101 Å². The second-order valence-corrected chi connectivity index (χ2v) is 4.05. The quantitative estimate of drug-likeness (QED) is 0.773. The molecule has 0 aliphatic carbocycles. The second kappa shape index (κ2) is 4.86. The van der Waals surface area contributed by atoms with Crippen LogP contribution in [0.5, 0.6) is 0 Å². The Morgan fingerprint density at radius 2 is 1.82 bits per heavy atom. The van der Waals surface area contributed by atoms with Gasteiger partial charge in [0.1, 0.15) is 0 Å². The van der Waals surface area contributed by atoms with Crippen LogP contribution >= 0.6 is 0 Å². The first-order valence-corrected chi connectivity index (χ1v) is 5.95. The monoisotopic (exact) mass is 229 g/mol. The highest BCUT2D eigenvalue weighted by Gasteiger charge is 2.22. The van der Waals surface area contributed by atoms with E-state index >= 15 is 0 Å². The molecule has 17 heavy (non-hydrogen) atoms. The molecule has 0 aliphatic heterocycles. The lowest BCUT2D eigenvalue weighted by molar-refractivity contribution is 0.425. The first kappa shape index (κ1) is 12.1. The summed E-state index contributed by atoms with van der Waals surface area (Å²) in [4.78, 5) is 4.50. The third-order valence-corrected chi connectivity index (χ3v) is 3.07. The van der Waals surface area contributed by atoms with Gasteiger partial charge in [0.15, 0.2) is 0 Å². The molecular formula is C13H16BNO2. The van der Waals surface area contributed by atoms with Crippen LogP contribution < -0.4 is 5.46 Å². The van der Waals surface area contributed by atoms with E-state index in [2.05, 4.69) is 4.98 Å². The zero-order valence-corrected chi connectivity index (χ0v) is 10.1. The molecule has 0 saturated carbocycles. The highest BCUT2D eigenvalue weighted by Crippen LogP contribution is 2.18. The van der Waals surface area contributed by atoms with Crippen molar-refractivity contribution in [2.24, 2.45) is 0 Å². The van der Waals surface area contributed by atoms with Gasteiger partial charge in [-0.1, -0.05) is 32.0 Å². The number of aromatic nitrogens is 1. The highest BCUT2D eigenvalue weighted by molar-refractivity contribution is 6.60. The van der Waals surface area contributed by atoms with Gasteiger partial charge in [-0.25, -0.2) is 0 Å². The summed E-state index contributed by atoms with van der Waals surface area (Å²) in [6.45, 7) is 4.00. The number of para-hydroxylation sites is 1. The van der Waals surface area contributed by atoms with Crippen molar-refractivity contribution in [3.8, 4) is 0 Å². The Hall–Kier alpha value is -1.39. The zero-order chi connectivity index (χ0) is 12.4. The lowest BCUT2D eigenvalue weighted by Gasteiger charge is -2.14. The molecule has 2 rings (SSSR count). The number of aryl methyl sites for hydroxylation is 2. The van der Waals surface area contributed by atoms with E-state index in [-0.39, 0.29) is 0 Å². The molecule has 2 aromatic rings. The summed E-state index contributed by atoms with van der Waals surface area (Å²) < 4.78 is 0. The van der Waals surface area contributed by atoms with Crippen LogP contribution in [0, 0.1) is 0 Å². The number of benzene rings is 1. The zero-order valence-electron chi connectivity index (χ0n) is 10.1. The van der Waals surface area contributed by atoms with Crippen LogP contribution in [0.2, 0.25) is 0 Å². The Kier molecular flexibility index (Phi) is 3.45. The van der Waals surface area contributed by atoms with Gasteiger partial charge in [-0.15, -0.1) is 0 Å². The third-order valence-electron chi connectivity index (χ3n) is 3.07. The number of fused-ring (bicyclic) bond motifs is 1. The van der Waals surface area contributed by atoms with E-state index in [1.54, 1.807) is 0 Å². The predicted octanol–water partition coefficient (Wildman–Crippen LogP) is 1.04. The van der Waals surface area contributed by atoms with Gasteiger partial charge in [0.05, 0.1) is 5.52 Å². The molecule has 0 radical (unpaired) electrons. The summed E-state index contributed by atoms with van der Waals surface area (Å²) >= 11 is 0. The van der Waals surface area contributed by atoms with Crippen molar-refractivity contribution in [3.05, 3.63) is 35.5 Å². The maximum Gasteiger partial charge on any atom is 0.490 e. The lowest BCUT2D eigenvalue weighted by atomic mass is 9.73. The molecule has 2 N–H and O–H groups in total. The minimum absolute atomic E-state index is 0.578. The summed E-state index contributed by atoms with van der Waals surface area (Å²) in [5.41, 5.74) is 3.26. The van der Waals surface area contributed by atoms with Crippen LogP contribution in [0.15, 0.2) is 24.3 Å². The van der Waals surface area contributed by atoms with Gasteiger partial charge in [-0.2, -0.15) is 0 Å². The maximum absolute atomic E-state index is 9.52. The van der Waals surface area contributed by atoms with Gasteiger partial charge >= 0.3 is 7.12 Å². The maximum atomic E-state index is 9.52. The van der Waals surface area contributed by atoms with E-state index in [0.29, 0.717) is 11.9 Å². The summed E-state index contributed by atoms with van der Waals surface area (Å²) in [7, 11) is -1.45. The summed E-state index contributed by atoms with van der Waals surface area (Å²) in [6, 6.07) is 7.83. The van der Waals surface area contributed by atoms with Crippen molar-refractivity contribution in [3.63, 3.8) is 0 Å². The molecule has 3 nitrogen and oxygen atoms in total. The molecule has 0 unspecified atom stereocenters. The van der Waals surface area contributed by atoms with Crippen LogP contribution in [0.1, 0.15) is 25.1 Å².